The molecule has 4 heteroatoms. The molecule has 0 radical (unpaired) electrons. The quantitative estimate of drug-likeness (QED) is 0.488. The number of hydrogen-bond acceptors (Lipinski definition) is 3. The molecule has 1 N–H and O–H groups in total. The zero-order valence-electron chi connectivity index (χ0n) is 15.7. The molecule has 140 valence electrons. The third-order valence-electron chi connectivity index (χ3n) is 3.96. The highest BCUT2D eigenvalue weighted by Gasteiger charge is 2.04. The van der Waals surface area contributed by atoms with Gasteiger partial charge in [0.1, 0.15) is 5.75 Å². The van der Waals surface area contributed by atoms with E-state index < -0.39 is 0 Å². The maximum atomic E-state index is 12.1. The Hall–Kier alpha value is -3.66. The van der Waals surface area contributed by atoms with Gasteiger partial charge in [0.05, 0.1) is 5.71 Å². The van der Waals surface area contributed by atoms with Crippen LogP contribution in [0.4, 0.5) is 0 Å². The number of aryl methyl sites for hydroxylation is 1. The van der Waals surface area contributed by atoms with Crippen LogP contribution in [0, 0.1) is 6.92 Å². The lowest BCUT2D eigenvalue weighted by Gasteiger charge is -2.07. The Bertz CT molecular complexity index is 964. The monoisotopic (exact) mass is 370 g/mol. The number of ether oxygens (including phenoxy) is 1. The number of carbonyl (C=O) groups is 1. The molecule has 0 heterocycles. The number of amides is 1. The Balaban J connectivity index is 1.68. The van der Waals surface area contributed by atoms with Crippen molar-refractivity contribution in [2.45, 2.75) is 6.92 Å². The summed E-state index contributed by atoms with van der Waals surface area (Å²) in [6.07, 6.45) is 3.84. The zero-order valence-corrected chi connectivity index (χ0v) is 15.7. The molecule has 3 aromatic rings. The molecule has 0 fully saturated rings. The van der Waals surface area contributed by atoms with Gasteiger partial charge in [-0.25, -0.2) is 5.43 Å². The number of allylic oxidation sites excluding steroid dienone is 1. The molecule has 0 spiro atoms. The molecule has 0 atom stereocenters. The summed E-state index contributed by atoms with van der Waals surface area (Å²) in [7, 11) is 0. The van der Waals surface area contributed by atoms with Gasteiger partial charge in [0, 0.05) is 5.56 Å². The van der Waals surface area contributed by atoms with E-state index in [0.29, 0.717) is 11.5 Å². The minimum atomic E-state index is -0.317. The van der Waals surface area contributed by atoms with Crippen molar-refractivity contribution in [1.29, 1.82) is 0 Å². The van der Waals surface area contributed by atoms with Gasteiger partial charge in [0.2, 0.25) is 0 Å². The van der Waals surface area contributed by atoms with Gasteiger partial charge < -0.3 is 4.74 Å². The van der Waals surface area contributed by atoms with Crippen LogP contribution < -0.4 is 10.2 Å². The third kappa shape index (κ3) is 5.95. The molecule has 0 saturated heterocycles. The van der Waals surface area contributed by atoms with Crippen molar-refractivity contribution in [3.63, 3.8) is 0 Å². The van der Waals surface area contributed by atoms with Crippen LogP contribution >= 0.6 is 0 Å². The number of hydrazone groups is 1. The lowest BCUT2D eigenvalue weighted by atomic mass is 10.1. The molecule has 0 aliphatic rings. The summed E-state index contributed by atoms with van der Waals surface area (Å²) >= 11 is 0. The second kappa shape index (κ2) is 9.88. The van der Waals surface area contributed by atoms with E-state index in [4.69, 9.17) is 4.74 Å². The van der Waals surface area contributed by atoms with E-state index in [0.717, 1.165) is 16.7 Å². The van der Waals surface area contributed by atoms with Crippen LogP contribution in [0.15, 0.2) is 96.1 Å². The molecule has 28 heavy (non-hydrogen) atoms. The van der Waals surface area contributed by atoms with Crippen molar-refractivity contribution in [2.75, 3.05) is 6.61 Å². The normalized spacial score (nSPS) is 11.4. The summed E-state index contributed by atoms with van der Waals surface area (Å²) in [6, 6.07) is 27.2. The van der Waals surface area contributed by atoms with Crippen LogP contribution in [0.2, 0.25) is 0 Å². The zero-order chi connectivity index (χ0) is 19.6. The van der Waals surface area contributed by atoms with E-state index >= 15 is 0 Å². The summed E-state index contributed by atoms with van der Waals surface area (Å²) in [6.45, 7) is 1.87. The van der Waals surface area contributed by atoms with Gasteiger partial charge in [-0.15, -0.1) is 0 Å². The summed E-state index contributed by atoms with van der Waals surface area (Å²) in [5.41, 5.74) is 6.28. The standard InChI is InChI=1S/C24H22N2O2/c1-19-9-8-14-22(17-19)28-18-24(27)26-25-23(21-12-6-3-7-13-21)16-15-20-10-4-2-5-11-20/h2-17H,18H2,1H3,(H,26,27). The Morgan fingerprint density at radius 2 is 1.68 bits per heavy atom. The van der Waals surface area contributed by atoms with Gasteiger partial charge in [0.25, 0.3) is 5.91 Å². The summed E-state index contributed by atoms with van der Waals surface area (Å²) in [5, 5.41) is 4.29. The maximum absolute atomic E-state index is 12.1. The Morgan fingerprint density at radius 3 is 2.39 bits per heavy atom. The molecule has 0 aromatic heterocycles. The second-order valence-corrected chi connectivity index (χ2v) is 6.25. The van der Waals surface area contributed by atoms with Crippen molar-refractivity contribution in [2.24, 2.45) is 5.10 Å². The Morgan fingerprint density at radius 1 is 0.964 bits per heavy atom. The first-order valence-electron chi connectivity index (χ1n) is 9.05. The van der Waals surface area contributed by atoms with Crippen LogP contribution in [-0.4, -0.2) is 18.2 Å². The van der Waals surface area contributed by atoms with Gasteiger partial charge in [0.15, 0.2) is 6.61 Å². The number of carbonyl (C=O) groups excluding carboxylic acids is 1. The molecular formula is C24H22N2O2. The van der Waals surface area contributed by atoms with E-state index in [1.807, 2.05) is 104 Å². The van der Waals surface area contributed by atoms with Gasteiger partial charge in [-0.05, 0) is 36.3 Å². The molecule has 0 bridgehead atoms. The molecule has 0 saturated carbocycles. The van der Waals surface area contributed by atoms with E-state index in [2.05, 4.69) is 10.5 Å². The minimum absolute atomic E-state index is 0.0998. The highest BCUT2D eigenvalue weighted by Crippen LogP contribution is 2.12. The Labute approximate surface area is 165 Å². The fourth-order valence-electron chi connectivity index (χ4n) is 2.56. The van der Waals surface area contributed by atoms with Crippen LogP contribution in [0.1, 0.15) is 16.7 Å². The van der Waals surface area contributed by atoms with Crippen molar-refractivity contribution >= 4 is 17.7 Å². The van der Waals surface area contributed by atoms with Crippen molar-refractivity contribution in [3.8, 4) is 5.75 Å². The molecule has 0 unspecified atom stereocenters. The third-order valence-corrected chi connectivity index (χ3v) is 3.96. The van der Waals surface area contributed by atoms with E-state index in [9.17, 15) is 4.79 Å². The fourth-order valence-corrected chi connectivity index (χ4v) is 2.56. The number of hydrogen-bond donors (Lipinski definition) is 1. The molecular weight excluding hydrogens is 348 g/mol. The van der Waals surface area contributed by atoms with Gasteiger partial charge in [-0.1, -0.05) is 78.9 Å². The molecule has 0 aliphatic carbocycles. The van der Waals surface area contributed by atoms with Crippen molar-refractivity contribution in [3.05, 3.63) is 108 Å². The number of nitrogens with zero attached hydrogens (tertiary/aromatic N) is 1. The summed E-state index contributed by atoms with van der Waals surface area (Å²) in [4.78, 5) is 12.1. The van der Waals surface area contributed by atoms with E-state index in [1.165, 1.54) is 0 Å². The van der Waals surface area contributed by atoms with Crippen LogP contribution in [-0.2, 0) is 4.79 Å². The van der Waals surface area contributed by atoms with Crippen LogP contribution in [0.25, 0.3) is 6.08 Å². The molecule has 3 aromatic carbocycles. The highest BCUT2D eigenvalue weighted by molar-refractivity contribution is 6.11. The smallest absolute Gasteiger partial charge is 0.277 e. The van der Waals surface area contributed by atoms with Crippen molar-refractivity contribution < 1.29 is 9.53 Å². The first kappa shape index (κ1) is 19.1. The number of nitrogens with one attached hydrogen (secondary N) is 1. The largest absolute Gasteiger partial charge is 0.484 e. The van der Waals surface area contributed by atoms with Gasteiger partial charge >= 0.3 is 0 Å². The highest BCUT2D eigenvalue weighted by atomic mass is 16.5. The predicted molar refractivity (Wildman–Crippen MR) is 113 cm³/mol. The van der Waals surface area contributed by atoms with E-state index in [1.54, 1.807) is 0 Å². The second-order valence-electron chi connectivity index (χ2n) is 6.25. The predicted octanol–water partition coefficient (Wildman–Crippen LogP) is 4.61. The number of benzene rings is 3. The van der Waals surface area contributed by atoms with Crippen LogP contribution in [0.5, 0.6) is 5.75 Å². The van der Waals surface area contributed by atoms with Gasteiger partial charge in [-0.3, -0.25) is 4.79 Å². The molecule has 0 aliphatic heterocycles. The average molecular weight is 370 g/mol. The van der Waals surface area contributed by atoms with E-state index in [-0.39, 0.29) is 12.5 Å². The SMILES string of the molecule is Cc1cccc(OCC(=O)NN=C(C=Cc2ccccc2)c2ccccc2)c1. The Kier molecular flexibility index (Phi) is 6.74. The van der Waals surface area contributed by atoms with Crippen LogP contribution in [0.3, 0.4) is 0 Å². The number of rotatable bonds is 7. The first-order valence-corrected chi connectivity index (χ1v) is 9.05. The topological polar surface area (TPSA) is 50.7 Å². The van der Waals surface area contributed by atoms with Gasteiger partial charge in [-0.2, -0.15) is 5.10 Å². The minimum Gasteiger partial charge on any atom is -0.484 e. The lowest BCUT2D eigenvalue weighted by molar-refractivity contribution is -0.123. The fraction of sp³-hybridized carbons (Fsp3) is 0.0833. The summed E-state index contributed by atoms with van der Waals surface area (Å²) in [5.74, 6) is 0.342. The molecule has 1 amide bonds. The molecule has 4 nitrogen and oxygen atoms in total. The summed E-state index contributed by atoms with van der Waals surface area (Å²) < 4.78 is 5.52. The van der Waals surface area contributed by atoms with Crippen molar-refractivity contribution in [1.82, 2.24) is 5.43 Å². The first-order chi connectivity index (χ1) is 13.7. The lowest BCUT2D eigenvalue weighted by Crippen LogP contribution is -2.25. The molecule has 3 rings (SSSR count). The average Bonchev–Trinajstić information content (AvgIpc) is 2.74. The maximum Gasteiger partial charge on any atom is 0.277 e.